The Balaban J connectivity index is 2.57. The van der Waals surface area contributed by atoms with Gasteiger partial charge in [-0.3, -0.25) is 4.40 Å². The maximum absolute atomic E-state index is 5.76. The summed E-state index contributed by atoms with van der Waals surface area (Å²) in [7, 11) is 0. The fourth-order valence-corrected chi connectivity index (χ4v) is 1.95. The van der Waals surface area contributed by atoms with E-state index in [0.717, 1.165) is 22.5 Å². The zero-order valence-electron chi connectivity index (χ0n) is 7.81. The molecule has 0 aliphatic rings. The van der Waals surface area contributed by atoms with Crippen molar-refractivity contribution in [3.63, 3.8) is 0 Å². The van der Waals surface area contributed by atoms with Gasteiger partial charge in [0.1, 0.15) is 0 Å². The molecule has 1 unspecified atom stereocenters. The van der Waals surface area contributed by atoms with E-state index in [4.69, 9.17) is 5.73 Å². The third kappa shape index (κ3) is 1.65. The van der Waals surface area contributed by atoms with Crippen molar-refractivity contribution in [2.45, 2.75) is 19.4 Å². The summed E-state index contributed by atoms with van der Waals surface area (Å²) in [6, 6.07) is 6.05. The Bertz CT molecular complexity index is 449. The Kier molecular flexibility index (Phi) is 2.52. The maximum Gasteiger partial charge on any atom is 0.204 e. The van der Waals surface area contributed by atoms with Crippen LogP contribution < -0.4 is 5.73 Å². The average molecular weight is 255 g/mol. The summed E-state index contributed by atoms with van der Waals surface area (Å²) in [6.45, 7) is 1.98. The molecule has 74 valence electrons. The largest absolute Gasteiger partial charge is 0.328 e. The molecule has 2 heterocycles. The molecule has 0 radical (unpaired) electrons. The van der Waals surface area contributed by atoms with Gasteiger partial charge in [-0.15, -0.1) is 10.2 Å². The van der Waals surface area contributed by atoms with Gasteiger partial charge in [0.15, 0.2) is 5.65 Å². The van der Waals surface area contributed by atoms with Gasteiger partial charge in [-0.2, -0.15) is 0 Å². The van der Waals surface area contributed by atoms with Gasteiger partial charge in [0.05, 0.1) is 0 Å². The minimum absolute atomic E-state index is 0.134. The molecule has 0 fully saturated rings. The predicted octanol–water partition coefficient (Wildman–Crippen LogP) is 1.38. The summed E-state index contributed by atoms with van der Waals surface area (Å²) in [5, 5.41) is 7.96. The molecule has 4 nitrogen and oxygen atoms in total. The highest BCUT2D eigenvalue weighted by atomic mass is 79.9. The number of pyridine rings is 1. The highest BCUT2D eigenvalue weighted by Crippen LogP contribution is 2.14. The number of hydrogen-bond donors (Lipinski definition) is 1. The normalized spacial score (nSPS) is 13.4. The van der Waals surface area contributed by atoms with E-state index in [2.05, 4.69) is 26.1 Å². The Morgan fingerprint density at radius 3 is 3.00 bits per heavy atom. The lowest BCUT2D eigenvalue weighted by Gasteiger charge is -2.07. The van der Waals surface area contributed by atoms with Crippen molar-refractivity contribution in [3.8, 4) is 0 Å². The second-order valence-electron chi connectivity index (χ2n) is 3.36. The fraction of sp³-hybridized carbons (Fsp3) is 0.333. The van der Waals surface area contributed by atoms with Crippen LogP contribution in [0.25, 0.3) is 5.65 Å². The first kappa shape index (κ1) is 9.61. The van der Waals surface area contributed by atoms with Crippen LogP contribution in [0.3, 0.4) is 0 Å². The van der Waals surface area contributed by atoms with E-state index in [-0.39, 0.29) is 6.04 Å². The third-order valence-corrected chi connectivity index (χ3v) is 2.51. The van der Waals surface area contributed by atoms with Crippen molar-refractivity contribution in [1.82, 2.24) is 14.6 Å². The molecule has 0 saturated heterocycles. The van der Waals surface area contributed by atoms with E-state index >= 15 is 0 Å². The van der Waals surface area contributed by atoms with Crippen LogP contribution in [0.2, 0.25) is 0 Å². The van der Waals surface area contributed by atoms with Crippen LogP contribution in [0.15, 0.2) is 22.9 Å². The molecule has 14 heavy (non-hydrogen) atoms. The molecule has 0 bridgehead atoms. The third-order valence-electron chi connectivity index (χ3n) is 2.00. The van der Waals surface area contributed by atoms with Gasteiger partial charge in [0, 0.05) is 18.2 Å². The molecular weight excluding hydrogens is 244 g/mol. The lowest BCUT2D eigenvalue weighted by Crippen LogP contribution is -2.19. The quantitative estimate of drug-likeness (QED) is 0.882. The van der Waals surface area contributed by atoms with Crippen molar-refractivity contribution >= 4 is 21.6 Å². The lowest BCUT2D eigenvalue weighted by atomic mass is 10.2. The van der Waals surface area contributed by atoms with Gasteiger partial charge in [-0.1, -0.05) is 6.07 Å². The molecule has 0 aliphatic carbocycles. The summed E-state index contributed by atoms with van der Waals surface area (Å²) in [4.78, 5) is 0. The minimum Gasteiger partial charge on any atom is -0.328 e. The van der Waals surface area contributed by atoms with Crippen LogP contribution in [0.5, 0.6) is 0 Å². The zero-order valence-corrected chi connectivity index (χ0v) is 9.40. The molecule has 0 saturated carbocycles. The molecular formula is C9H11BrN4. The van der Waals surface area contributed by atoms with Crippen LogP contribution in [0.4, 0.5) is 0 Å². The first-order valence-corrected chi connectivity index (χ1v) is 5.22. The fourth-order valence-electron chi connectivity index (χ4n) is 1.46. The lowest BCUT2D eigenvalue weighted by molar-refractivity contribution is 0.711. The van der Waals surface area contributed by atoms with E-state index in [1.54, 1.807) is 0 Å². The topological polar surface area (TPSA) is 56.2 Å². The first-order valence-electron chi connectivity index (χ1n) is 4.42. The summed E-state index contributed by atoms with van der Waals surface area (Å²) >= 11 is 3.36. The number of nitrogens with zero attached hydrogens (tertiary/aromatic N) is 3. The first-order chi connectivity index (χ1) is 6.68. The average Bonchev–Trinajstić information content (AvgIpc) is 2.48. The molecule has 0 aliphatic heterocycles. The smallest absolute Gasteiger partial charge is 0.204 e. The molecule has 0 amide bonds. The number of nitrogens with two attached hydrogens (primary N) is 1. The zero-order chi connectivity index (χ0) is 10.1. The van der Waals surface area contributed by atoms with Gasteiger partial charge < -0.3 is 5.73 Å². The Morgan fingerprint density at radius 1 is 1.50 bits per heavy atom. The van der Waals surface area contributed by atoms with Gasteiger partial charge in [-0.05, 0) is 35.0 Å². The van der Waals surface area contributed by atoms with E-state index in [1.807, 2.05) is 29.5 Å². The van der Waals surface area contributed by atoms with Crippen molar-refractivity contribution in [2.24, 2.45) is 5.73 Å². The van der Waals surface area contributed by atoms with Gasteiger partial charge in [0.25, 0.3) is 0 Å². The second-order valence-corrected chi connectivity index (χ2v) is 4.07. The number of aromatic nitrogens is 3. The van der Waals surface area contributed by atoms with E-state index < -0.39 is 0 Å². The highest BCUT2D eigenvalue weighted by molar-refractivity contribution is 9.10. The van der Waals surface area contributed by atoms with Crippen molar-refractivity contribution in [2.75, 3.05) is 0 Å². The van der Waals surface area contributed by atoms with E-state index in [1.165, 1.54) is 0 Å². The van der Waals surface area contributed by atoms with E-state index in [0.29, 0.717) is 0 Å². The Labute approximate surface area is 90.3 Å². The van der Waals surface area contributed by atoms with Crippen LogP contribution in [0.1, 0.15) is 12.6 Å². The number of hydrogen-bond acceptors (Lipinski definition) is 3. The Hall–Kier alpha value is -0.940. The predicted molar refractivity (Wildman–Crippen MR) is 58.0 cm³/mol. The standard InChI is InChI=1S/C9H11BrN4/c1-6(11)5-7-3-2-4-8-12-13-9(10)14(7)8/h2-4,6H,5,11H2,1H3. The molecule has 0 aromatic carbocycles. The molecule has 2 aromatic heterocycles. The maximum atomic E-state index is 5.76. The van der Waals surface area contributed by atoms with Gasteiger partial charge in [0.2, 0.25) is 4.73 Å². The Morgan fingerprint density at radius 2 is 2.29 bits per heavy atom. The van der Waals surface area contributed by atoms with Crippen LogP contribution in [0, 0.1) is 0 Å². The number of fused-ring (bicyclic) bond motifs is 1. The summed E-state index contributed by atoms with van der Waals surface area (Å²) in [5.41, 5.74) is 7.73. The van der Waals surface area contributed by atoms with Gasteiger partial charge in [-0.25, -0.2) is 0 Å². The molecule has 5 heteroatoms. The highest BCUT2D eigenvalue weighted by Gasteiger charge is 2.07. The SMILES string of the molecule is CC(N)Cc1cccc2nnc(Br)n12. The molecule has 2 rings (SSSR count). The van der Waals surface area contributed by atoms with Crippen molar-refractivity contribution in [3.05, 3.63) is 28.6 Å². The molecule has 0 spiro atoms. The molecule has 2 aromatic rings. The summed E-state index contributed by atoms with van der Waals surface area (Å²) in [5.74, 6) is 0. The number of rotatable bonds is 2. The molecule has 1 atom stereocenters. The minimum atomic E-state index is 0.134. The van der Waals surface area contributed by atoms with Crippen molar-refractivity contribution < 1.29 is 0 Å². The van der Waals surface area contributed by atoms with Crippen LogP contribution >= 0.6 is 15.9 Å². The van der Waals surface area contributed by atoms with E-state index in [9.17, 15) is 0 Å². The molecule has 2 N–H and O–H groups in total. The summed E-state index contributed by atoms with van der Waals surface area (Å²) < 4.78 is 2.69. The number of halogens is 1. The van der Waals surface area contributed by atoms with Crippen molar-refractivity contribution in [1.29, 1.82) is 0 Å². The van der Waals surface area contributed by atoms with Crippen LogP contribution in [-0.2, 0) is 6.42 Å². The second kappa shape index (κ2) is 3.67. The monoisotopic (exact) mass is 254 g/mol. The van der Waals surface area contributed by atoms with Gasteiger partial charge >= 0.3 is 0 Å². The summed E-state index contributed by atoms with van der Waals surface area (Å²) in [6.07, 6.45) is 0.813. The van der Waals surface area contributed by atoms with Crippen LogP contribution in [-0.4, -0.2) is 20.6 Å².